The summed E-state index contributed by atoms with van der Waals surface area (Å²) >= 11 is 6.09. The summed E-state index contributed by atoms with van der Waals surface area (Å²) in [4.78, 5) is 0. The zero-order valence-corrected chi connectivity index (χ0v) is 16.0. The number of allylic oxidation sites excluding steroid dienone is 1. The maximum absolute atomic E-state index is 6.09. The van der Waals surface area contributed by atoms with Crippen molar-refractivity contribution < 1.29 is 4.42 Å². The molecule has 3 heterocycles. The molecule has 4 nitrogen and oxygen atoms in total. The van der Waals surface area contributed by atoms with Crippen molar-refractivity contribution in [1.82, 2.24) is 9.78 Å². The molecule has 0 unspecified atom stereocenters. The highest BCUT2D eigenvalue weighted by Gasteiger charge is 2.28. The van der Waals surface area contributed by atoms with E-state index in [1.807, 2.05) is 66.2 Å². The number of nitrogens with one attached hydrogen (secondary N) is 1. The monoisotopic (exact) mass is 387 g/mol. The Kier molecular flexibility index (Phi) is 4.06. The third-order valence-corrected chi connectivity index (χ3v) is 5.24. The second kappa shape index (κ2) is 6.73. The van der Waals surface area contributed by atoms with Gasteiger partial charge in [0, 0.05) is 10.6 Å². The molecule has 0 aliphatic carbocycles. The predicted octanol–water partition coefficient (Wildman–Crippen LogP) is 6.16. The maximum atomic E-state index is 6.09. The molecule has 1 aliphatic heterocycles. The number of anilines is 1. The Morgan fingerprint density at radius 3 is 2.50 bits per heavy atom. The molecule has 0 amide bonds. The molecule has 0 saturated heterocycles. The number of halogens is 1. The average molecular weight is 388 g/mol. The summed E-state index contributed by atoms with van der Waals surface area (Å²) in [6, 6.07) is 22.0. The van der Waals surface area contributed by atoms with E-state index in [0.717, 1.165) is 34.1 Å². The minimum Gasteiger partial charge on any atom is -0.463 e. The van der Waals surface area contributed by atoms with Gasteiger partial charge < -0.3 is 9.73 Å². The van der Waals surface area contributed by atoms with Crippen molar-refractivity contribution in [3.05, 3.63) is 101 Å². The molecule has 1 N–H and O–H groups in total. The Balaban J connectivity index is 1.70. The lowest BCUT2D eigenvalue weighted by Crippen LogP contribution is -2.19. The predicted molar refractivity (Wildman–Crippen MR) is 112 cm³/mol. The first-order valence-corrected chi connectivity index (χ1v) is 9.51. The minimum atomic E-state index is -0.0303. The van der Waals surface area contributed by atoms with Crippen molar-refractivity contribution in [2.75, 3.05) is 5.32 Å². The normalized spacial score (nSPS) is 15.6. The molecule has 0 spiro atoms. The minimum absolute atomic E-state index is 0.0303. The molecule has 0 fully saturated rings. The fourth-order valence-electron chi connectivity index (χ4n) is 3.69. The third kappa shape index (κ3) is 2.83. The van der Waals surface area contributed by atoms with Gasteiger partial charge in [0.25, 0.3) is 0 Å². The van der Waals surface area contributed by atoms with E-state index in [0.29, 0.717) is 5.02 Å². The summed E-state index contributed by atoms with van der Waals surface area (Å²) in [5.74, 6) is 1.75. The number of rotatable bonds is 3. The first-order chi connectivity index (χ1) is 13.7. The van der Waals surface area contributed by atoms with Crippen molar-refractivity contribution in [2.24, 2.45) is 0 Å². The quantitative estimate of drug-likeness (QED) is 0.457. The van der Waals surface area contributed by atoms with Gasteiger partial charge in [-0.1, -0.05) is 54.1 Å². The Morgan fingerprint density at radius 1 is 1.00 bits per heavy atom. The van der Waals surface area contributed by atoms with E-state index < -0.39 is 0 Å². The number of hydrogen-bond donors (Lipinski definition) is 1. The van der Waals surface area contributed by atoms with E-state index in [9.17, 15) is 0 Å². The highest BCUT2D eigenvalue weighted by molar-refractivity contribution is 6.30. The van der Waals surface area contributed by atoms with Gasteiger partial charge in [0.15, 0.2) is 0 Å². The van der Waals surface area contributed by atoms with Gasteiger partial charge >= 0.3 is 0 Å². The molecule has 5 rings (SSSR count). The van der Waals surface area contributed by atoms with Gasteiger partial charge in [-0.25, -0.2) is 4.68 Å². The first-order valence-electron chi connectivity index (χ1n) is 9.13. The molecule has 0 saturated carbocycles. The van der Waals surface area contributed by atoms with E-state index >= 15 is 0 Å². The van der Waals surface area contributed by atoms with E-state index in [2.05, 4.69) is 23.5 Å². The summed E-state index contributed by atoms with van der Waals surface area (Å²) < 4.78 is 7.71. The Hall–Kier alpha value is -3.24. The van der Waals surface area contributed by atoms with Crippen LogP contribution in [0.15, 0.2) is 83.5 Å². The van der Waals surface area contributed by atoms with Gasteiger partial charge in [-0.2, -0.15) is 5.10 Å². The van der Waals surface area contributed by atoms with Crippen LogP contribution in [0.4, 0.5) is 5.82 Å². The summed E-state index contributed by atoms with van der Waals surface area (Å²) in [6.07, 6.45) is 3.84. The van der Waals surface area contributed by atoms with Gasteiger partial charge in [-0.15, -0.1) is 0 Å². The second-order valence-corrected chi connectivity index (χ2v) is 7.24. The number of nitrogens with zero attached hydrogens (tertiary/aromatic N) is 2. The topological polar surface area (TPSA) is 43.0 Å². The smallest absolute Gasteiger partial charge is 0.149 e. The second-order valence-electron chi connectivity index (χ2n) is 6.80. The summed E-state index contributed by atoms with van der Waals surface area (Å²) in [5.41, 5.74) is 5.19. The molecule has 0 bridgehead atoms. The lowest BCUT2D eigenvalue weighted by molar-refractivity contribution is 0.547. The van der Waals surface area contributed by atoms with Gasteiger partial charge in [0.1, 0.15) is 11.6 Å². The maximum Gasteiger partial charge on any atom is 0.149 e. The van der Waals surface area contributed by atoms with Crippen LogP contribution in [0.2, 0.25) is 5.02 Å². The Morgan fingerprint density at radius 2 is 1.79 bits per heavy atom. The number of aromatic nitrogens is 2. The molecule has 1 aliphatic rings. The summed E-state index contributed by atoms with van der Waals surface area (Å²) in [5, 5.41) is 9.12. The highest BCUT2D eigenvalue weighted by atomic mass is 35.5. The van der Waals surface area contributed by atoms with E-state index in [1.165, 1.54) is 5.56 Å². The van der Waals surface area contributed by atoms with E-state index in [-0.39, 0.29) is 6.04 Å². The molecular formula is C23H18ClN3O. The molecule has 4 aromatic rings. The van der Waals surface area contributed by atoms with Crippen molar-refractivity contribution in [3.63, 3.8) is 0 Å². The molecule has 28 heavy (non-hydrogen) atoms. The summed E-state index contributed by atoms with van der Waals surface area (Å²) in [7, 11) is 0. The zero-order chi connectivity index (χ0) is 19.1. The van der Waals surface area contributed by atoms with Crippen LogP contribution in [0.5, 0.6) is 0 Å². The van der Waals surface area contributed by atoms with Crippen LogP contribution in [0, 0.1) is 6.92 Å². The number of furan rings is 1. The van der Waals surface area contributed by atoms with Crippen molar-refractivity contribution in [3.8, 4) is 11.1 Å². The standard InChI is InChI=1S/C23H18ClN3O/c1-15-22(17-9-11-18(24)12-10-17)23-25-19(21-8-5-13-28-21)14-20(27(23)26-15)16-6-3-2-4-7-16/h2-14,20,25H,1H3/t20-/m0/s1. The number of fused-ring (bicyclic) bond motifs is 1. The van der Waals surface area contributed by atoms with Crippen LogP contribution in [-0.4, -0.2) is 9.78 Å². The molecule has 2 aromatic carbocycles. The van der Waals surface area contributed by atoms with Crippen LogP contribution in [0.25, 0.3) is 16.8 Å². The molecule has 2 aromatic heterocycles. The number of hydrogen-bond acceptors (Lipinski definition) is 3. The number of aryl methyl sites for hydroxylation is 1. The van der Waals surface area contributed by atoms with Crippen LogP contribution < -0.4 is 5.32 Å². The molecule has 138 valence electrons. The largest absolute Gasteiger partial charge is 0.463 e. The van der Waals surface area contributed by atoms with Crippen LogP contribution in [-0.2, 0) is 0 Å². The van der Waals surface area contributed by atoms with Gasteiger partial charge in [0.05, 0.1) is 23.7 Å². The van der Waals surface area contributed by atoms with Crippen molar-refractivity contribution in [1.29, 1.82) is 0 Å². The van der Waals surface area contributed by atoms with Crippen molar-refractivity contribution >= 4 is 23.1 Å². The first kappa shape index (κ1) is 16.9. The molecule has 1 atom stereocenters. The van der Waals surface area contributed by atoms with Crippen LogP contribution in [0.3, 0.4) is 0 Å². The number of benzene rings is 2. The molecule has 0 radical (unpaired) electrons. The fourth-order valence-corrected chi connectivity index (χ4v) is 3.82. The van der Waals surface area contributed by atoms with Gasteiger partial charge in [-0.3, -0.25) is 0 Å². The van der Waals surface area contributed by atoms with Crippen LogP contribution >= 0.6 is 11.6 Å². The lowest BCUT2D eigenvalue weighted by Gasteiger charge is -2.25. The zero-order valence-electron chi connectivity index (χ0n) is 15.3. The van der Waals surface area contributed by atoms with E-state index in [1.54, 1.807) is 6.26 Å². The van der Waals surface area contributed by atoms with Crippen LogP contribution in [0.1, 0.15) is 23.1 Å². The van der Waals surface area contributed by atoms with Crippen molar-refractivity contribution in [2.45, 2.75) is 13.0 Å². The fraction of sp³-hybridized carbons (Fsp3) is 0.0870. The molecular weight excluding hydrogens is 370 g/mol. The SMILES string of the molecule is Cc1nn2c(c1-c1ccc(Cl)cc1)NC(c1ccco1)=C[C@H]2c1ccccc1. The Bertz CT molecular complexity index is 1140. The van der Waals surface area contributed by atoms with Gasteiger partial charge in [0.2, 0.25) is 0 Å². The Labute approximate surface area is 168 Å². The lowest BCUT2D eigenvalue weighted by atomic mass is 10.0. The average Bonchev–Trinajstić information content (AvgIpc) is 3.36. The van der Waals surface area contributed by atoms with E-state index in [4.69, 9.17) is 21.1 Å². The molecule has 5 heteroatoms. The third-order valence-electron chi connectivity index (χ3n) is 4.99. The van der Waals surface area contributed by atoms with Gasteiger partial charge in [-0.05, 0) is 48.4 Å². The summed E-state index contributed by atoms with van der Waals surface area (Å²) in [6.45, 7) is 2.03. The highest BCUT2D eigenvalue weighted by Crippen LogP contribution is 2.41.